The van der Waals surface area contributed by atoms with E-state index in [4.69, 9.17) is 21.9 Å². The number of para-hydroxylation sites is 2. The second-order valence-electron chi connectivity index (χ2n) is 10.5. The molecule has 0 aliphatic carbocycles. The molecule has 6 rings (SSSR count). The van der Waals surface area contributed by atoms with E-state index in [0.717, 1.165) is 48.7 Å². The molecule has 1 saturated heterocycles. The molecular formula is C28H33N6PS. The Hall–Kier alpha value is -2.57. The Morgan fingerprint density at radius 2 is 1.58 bits per heavy atom. The summed E-state index contributed by atoms with van der Waals surface area (Å²) in [6.45, 7) is 10.7. The minimum absolute atomic E-state index is 0.176. The summed E-state index contributed by atoms with van der Waals surface area (Å²) in [4.78, 5) is 9.85. The Morgan fingerprint density at radius 3 is 2.28 bits per heavy atom. The number of likely N-dealkylation sites (N-methyl/N-ethyl adjacent to an activating group) is 2. The Labute approximate surface area is 219 Å². The molecule has 3 aliphatic rings. The molecule has 186 valence electrons. The largest absolute Gasteiger partial charge is 0.346 e. The van der Waals surface area contributed by atoms with E-state index in [-0.39, 0.29) is 5.41 Å². The molecule has 6 nitrogen and oxygen atoms in total. The van der Waals surface area contributed by atoms with E-state index < -0.39 is 6.19 Å². The van der Waals surface area contributed by atoms with Crippen molar-refractivity contribution in [1.29, 1.82) is 0 Å². The van der Waals surface area contributed by atoms with Crippen LogP contribution in [0.5, 0.6) is 0 Å². The second-order valence-corrected chi connectivity index (χ2v) is 14.8. The Kier molecular flexibility index (Phi) is 5.61. The zero-order chi connectivity index (χ0) is 25.2. The van der Waals surface area contributed by atoms with Gasteiger partial charge in [0.25, 0.3) is 0 Å². The zero-order valence-electron chi connectivity index (χ0n) is 21.6. The van der Waals surface area contributed by atoms with Crippen molar-refractivity contribution < 1.29 is 0 Å². The summed E-state index contributed by atoms with van der Waals surface area (Å²) in [7, 11) is 4.38. The predicted octanol–water partition coefficient (Wildman–Crippen LogP) is 4.80. The van der Waals surface area contributed by atoms with Crippen LogP contribution in [-0.2, 0) is 17.2 Å². The van der Waals surface area contributed by atoms with Crippen LogP contribution in [0.15, 0.2) is 70.6 Å². The summed E-state index contributed by atoms with van der Waals surface area (Å²) >= 11 is 6.93. The molecule has 0 amide bonds. The molecule has 1 unspecified atom stereocenters. The fraction of sp³-hybridized carbons (Fsp3) is 0.357. The number of anilines is 1. The lowest BCUT2D eigenvalue weighted by atomic mass is 9.84. The van der Waals surface area contributed by atoms with Gasteiger partial charge in [0, 0.05) is 61.6 Å². The van der Waals surface area contributed by atoms with Crippen molar-refractivity contribution in [1.82, 2.24) is 19.4 Å². The number of aliphatic imine (C=N–C) groups is 1. The van der Waals surface area contributed by atoms with Crippen LogP contribution in [0.4, 0.5) is 11.5 Å². The van der Waals surface area contributed by atoms with E-state index in [2.05, 4.69) is 91.9 Å². The van der Waals surface area contributed by atoms with Crippen LogP contribution in [0.1, 0.15) is 25.1 Å². The molecule has 3 aliphatic heterocycles. The van der Waals surface area contributed by atoms with Gasteiger partial charge in [-0.1, -0.05) is 62.1 Å². The number of benzene rings is 2. The van der Waals surface area contributed by atoms with Gasteiger partial charge in [0.05, 0.1) is 22.9 Å². The summed E-state index contributed by atoms with van der Waals surface area (Å²) in [5.41, 5.74) is 5.69. The van der Waals surface area contributed by atoms with Crippen LogP contribution in [0.2, 0.25) is 0 Å². The van der Waals surface area contributed by atoms with Crippen molar-refractivity contribution in [2.75, 3.05) is 45.2 Å². The third-order valence-electron chi connectivity index (χ3n) is 7.93. The number of aromatic nitrogens is 2. The van der Waals surface area contributed by atoms with E-state index >= 15 is 0 Å². The van der Waals surface area contributed by atoms with Gasteiger partial charge in [-0.15, -0.1) is 0 Å². The minimum atomic E-state index is -2.40. The van der Waals surface area contributed by atoms with Gasteiger partial charge in [0.2, 0.25) is 0 Å². The van der Waals surface area contributed by atoms with Crippen molar-refractivity contribution in [3.63, 3.8) is 0 Å². The number of piperazine rings is 1. The number of hydrogen-bond acceptors (Lipinski definition) is 5. The first-order valence-corrected chi connectivity index (χ1v) is 15.3. The summed E-state index contributed by atoms with van der Waals surface area (Å²) < 4.78 is 4.57. The standard InChI is InChI=1S/C28H33N6PS/c1-20-25-27(34(30-20)21-11-7-6-8-12-21)29-19-24(35(25,36)33-17-15-31(4)16-18-33)26-28(2,3)22-13-9-10-14-23(22)32(26)5/h6-14,19H,15-18H2,1-5H3. The summed E-state index contributed by atoms with van der Waals surface area (Å²) in [6.07, 6.45) is -0.318. The molecule has 3 aromatic rings. The third-order valence-corrected chi connectivity index (χ3v) is 13.1. The average Bonchev–Trinajstić information content (AvgIpc) is 3.32. The van der Waals surface area contributed by atoms with E-state index in [9.17, 15) is 0 Å². The first-order chi connectivity index (χ1) is 17.2. The topological polar surface area (TPSA) is 39.9 Å². The molecule has 0 bridgehead atoms. The highest BCUT2D eigenvalue weighted by molar-refractivity contribution is 8.19. The highest BCUT2D eigenvalue weighted by Crippen LogP contribution is 2.64. The molecular weight excluding hydrogens is 483 g/mol. The van der Waals surface area contributed by atoms with Crippen LogP contribution in [0.25, 0.3) is 5.69 Å². The number of aryl methyl sites for hydroxylation is 1. The first-order valence-electron chi connectivity index (χ1n) is 12.6. The number of nitrogens with zero attached hydrogens (tertiary/aromatic N) is 6. The Morgan fingerprint density at radius 1 is 0.917 bits per heavy atom. The third kappa shape index (κ3) is 3.33. The number of fused-ring (bicyclic) bond motifs is 2. The quantitative estimate of drug-likeness (QED) is 0.458. The second kappa shape index (κ2) is 8.49. The maximum atomic E-state index is 6.93. The molecule has 0 saturated carbocycles. The molecule has 2 aromatic carbocycles. The van der Waals surface area contributed by atoms with E-state index in [1.165, 1.54) is 22.3 Å². The number of hydrogen-bond donors (Lipinski definition) is 0. The van der Waals surface area contributed by atoms with Gasteiger partial charge in [-0.2, -0.15) is 5.10 Å². The van der Waals surface area contributed by atoms with Gasteiger partial charge < -0.3 is 9.80 Å². The van der Waals surface area contributed by atoms with Gasteiger partial charge in [-0.25, -0.2) is 9.67 Å². The highest BCUT2D eigenvalue weighted by Gasteiger charge is 2.47. The van der Waals surface area contributed by atoms with Gasteiger partial charge in [-0.3, -0.25) is 4.67 Å². The Bertz CT molecular complexity index is 1450. The molecule has 0 radical (unpaired) electrons. The summed E-state index contributed by atoms with van der Waals surface area (Å²) in [5.74, 6) is 0.890. The molecule has 1 atom stereocenters. The SMILES string of the molecule is Cc1nn(-c2ccccc2)c2c1P(=S)(N1CCN(C)CC1)C(=C1N(C)c3ccccc3C1(C)C)C=N2. The zero-order valence-corrected chi connectivity index (χ0v) is 23.4. The van der Waals surface area contributed by atoms with Gasteiger partial charge in [0.1, 0.15) is 0 Å². The Balaban J connectivity index is 1.62. The van der Waals surface area contributed by atoms with E-state index in [0.29, 0.717) is 0 Å². The lowest BCUT2D eigenvalue weighted by Crippen LogP contribution is -2.45. The maximum Gasteiger partial charge on any atom is 0.165 e. The molecule has 8 heteroatoms. The van der Waals surface area contributed by atoms with Crippen LogP contribution >= 0.6 is 6.19 Å². The minimum Gasteiger partial charge on any atom is -0.346 e. The summed E-state index contributed by atoms with van der Waals surface area (Å²) in [6, 6.07) is 19.0. The van der Waals surface area contributed by atoms with Gasteiger partial charge >= 0.3 is 0 Å². The lowest BCUT2D eigenvalue weighted by molar-refractivity contribution is 0.229. The predicted molar refractivity (Wildman–Crippen MR) is 154 cm³/mol. The van der Waals surface area contributed by atoms with Crippen molar-refractivity contribution in [3.05, 3.63) is 76.9 Å². The highest BCUT2D eigenvalue weighted by atomic mass is 32.4. The lowest BCUT2D eigenvalue weighted by Gasteiger charge is -2.43. The van der Waals surface area contributed by atoms with Crippen molar-refractivity contribution >= 4 is 41.0 Å². The van der Waals surface area contributed by atoms with Crippen molar-refractivity contribution in [3.8, 4) is 5.69 Å². The molecule has 1 aromatic heterocycles. The fourth-order valence-electron chi connectivity index (χ4n) is 6.08. The van der Waals surface area contributed by atoms with Crippen LogP contribution in [0.3, 0.4) is 0 Å². The van der Waals surface area contributed by atoms with E-state index in [1.807, 2.05) is 22.9 Å². The molecule has 1 fully saturated rings. The van der Waals surface area contributed by atoms with Crippen molar-refractivity contribution in [2.45, 2.75) is 26.2 Å². The number of allylic oxidation sites excluding steroid dienone is 2. The van der Waals surface area contributed by atoms with Crippen molar-refractivity contribution in [2.24, 2.45) is 4.99 Å². The van der Waals surface area contributed by atoms with Crippen LogP contribution in [0, 0.1) is 6.92 Å². The molecule has 36 heavy (non-hydrogen) atoms. The van der Waals surface area contributed by atoms with Crippen LogP contribution < -0.4 is 10.2 Å². The normalized spacial score (nSPS) is 25.8. The molecule has 4 heterocycles. The first kappa shape index (κ1) is 23.8. The molecule has 0 spiro atoms. The fourth-order valence-corrected chi connectivity index (χ4v) is 11.0. The number of rotatable bonds is 2. The smallest absolute Gasteiger partial charge is 0.165 e. The van der Waals surface area contributed by atoms with Gasteiger partial charge in [0.15, 0.2) is 5.82 Å². The summed E-state index contributed by atoms with van der Waals surface area (Å²) in [5, 5.41) is 7.37. The van der Waals surface area contributed by atoms with E-state index in [1.54, 1.807) is 0 Å². The van der Waals surface area contributed by atoms with Crippen LogP contribution in [-0.4, -0.2) is 65.8 Å². The monoisotopic (exact) mass is 516 g/mol. The molecule has 0 N–H and O–H groups in total. The maximum absolute atomic E-state index is 6.93. The van der Waals surface area contributed by atoms with Gasteiger partial charge in [-0.05, 0) is 37.7 Å². The average molecular weight is 517 g/mol.